The number of ether oxygens (including phenoxy) is 2. The third kappa shape index (κ3) is 10.4. The standard InChI is InChI=1S/C23H38N4O3.C19H33N3O2.C3H7N.ClH/c1-2-30-22(29)26-14-8-23(17-26)15-19(16-23)24-12-6-18(7-13-24)20-5-3-11-27(20)21(28)25-9-4-10-25;1-2-24-18(23)22-11-7-19(14-22)12-16(13-19)21-9-5-15(6-10-21)17-4-3-8-20-17;1-2-4-3-1;/h18-20H,2-17H2,1H3;15-17,20H,2-14H2,1H3;4H,1-3H2;1H/t19?,20-,23?;16?,17-,19?;;/m00../s1. The smallest absolute Gasteiger partial charge is 0.409 e. The molecule has 8 heterocycles. The summed E-state index contributed by atoms with van der Waals surface area (Å²) in [6.07, 6.45) is 20.0. The van der Waals surface area contributed by atoms with Gasteiger partial charge in [0.15, 0.2) is 0 Å². The van der Waals surface area contributed by atoms with Crippen LogP contribution in [-0.2, 0) is 9.47 Å². The Balaban J connectivity index is 0.000000164. The third-order valence-corrected chi connectivity index (χ3v) is 16.4. The third-order valence-electron chi connectivity index (χ3n) is 16.4. The summed E-state index contributed by atoms with van der Waals surface area (Å²) in [6.45, 7) is 19.8. The maximum atomic E-state index is 12.8. The number of piperidine rings is 2. The zero-order valence-corrected chi connectivity index (χ0v) is 37.5. The molecule has 13 nitrogen and oxygen atoms in total. The Morgan fingerprint density at radius 3 is 1.51 bits per heavy atom. The van der Waals surface area contributed by atoms with E-state index in [1.807, 2.05) is 28.5 Å². The lowest BCUT2D eigenvalue weighted by Crippen LogP contribution is -2.56. The molecule has 336 valence electrons. The first-order valence-electron chi connectivity index (χ1n) is 24.1. The quantitative estimate of drug-likeness (QED) is 0.340. The Labute approximate surface area is 361 Å². The van der Waals surface area contributed by atoms with Gasteiger partial charge in [-0.05, 0) is 185 Å². The van der Waals surface area contributed by atoms with Crippen molar-refractivity contribution in [1.82, 2.24) is 40.0 Å². The summed E-state index contributed by atoms with van der Waals surface area (Å²) < 4.78 is 10.4. The van der Waals surface area contributed by atoms with Gasteiger partial charge in [0.1, 0.15) is 0 Å². The lowest BCUT2D eigenvalue weighted by Gasteiger charge is -2.52. The first-order valence-corrected chi connectivity index (χ1v) is 24.1. The number of carbonyl (C=O) groups is 3. The lowest BCUT2D eigenvalue weighted by atomic mass is 9.64. The minimum atomic E-state index is -0.132. The van der Waals surface area contributed by atoms with E-state index in [0.29, 0.717) is 48.1 Å². The second-order valence-electron chi connectivity index (χ2n) is 19.9. The number of urea groups is 1. The van der Waals surface area contributed by atoms with Crippen molar-refractivity contribution < 1.29 is 23.9 Å². The van der Waals surface area contributed by atoms with Crippen molar-refractivity contribution in [3.8, 4) is 0 Å². The van der Waals surface area contributed by atoms with E-state index < -0.39 is 0 Å². The zero-order valence-electron chi connectivity index (χ0n) is 36.7. The second kappa shape index (κ2) is 20.4. The molecular formula is C45H79ClN8O5. The molecule has 4 amide bonds. The normalized spacial score (nSPS) is 34.7. The fraction of sp³-hybridized carbons (Fsp3) is 0.933. The fourth-order valence-corrected chi connectivity index (χ4v) is 12.5. The van der Waals surface area contributed by atoms with Crippen molar-refractivity contribution in [2.45, 2.75) is 141 Å². The molecule has 0 radical (unpaired) electrons. The van der Waals surface area contributed by atoms with Crippen LogP contribution >= 0.6 is 12.4 Å². The van der Waals surface area contributed by atoms with Crippen LogP contribution in [0.1, 0.15) is 117 Å². The highest BCUT2D eigenvalue weighted by atomic mass is 35.5. The molecule has 0 unspecified atom stereocenters. The first-order chi connectivity index (χ1) is 28.3. The molecule has 0 aromatic carbocycles. The van der Waals surface area contributed by atoms with Gasteiger partial charge in [-0.1, -0.05) is 0 Å². The van der Waals surface area contributed by atoms with Gasteiger partial charge in [0.25, 0.3) is 0 Å². The maximum absolute atomic E-state index is 12.8. The Morgan fingerprint density at radius 2 is 1.08 bits per heavy atom. The van der Waals surface area contributed by atoms with Gasteiger partial charge in [-0.2, -0.15) is 0 Å². The van der Waals surface area contributed by atoms with Gasteiger partial charge >= 0.3 is 18.2 Å². The number of nitrogens with one attached hydrogen (secondary N) is 2. The van der Waals surface area contributed by atoms with E-state index in [0.717, 1.165) is 70.2 Å². The van der Waals surface area contributed by atoms with Gasteiger partial charge in [0, 0.05) is 70.0 Å². The highest BCUT2D eigenvalue weighted by molar-refractivity contribution is 5.85. The predicted molar refractivity (Wildman–Crippen MR) is 233 cm³/mol. The number of rotatable bonds is 6. The van der Waals surface area contributed by atoms with E-state index in [4.69, 9.17) is 9.47 Å². The highest BCUT2D eigenvalue weighted by Gasteiger charge is 2.53. The highest BCUT2D eigenvalue weighted by Crippen LogP contribution is 2.52. The summed E-state index contributed by atoms with van der Waals surface area (Å²) >= 11 is 0. The maximum Gasteiger partial charge on any atom is 0.409 e. The molecule has 0 aromatic rings. The van der Waals surface area contributed by atoms with Crippen molar-refractivity contribution >= 4 is 30.6 Å². The Kier molecular flexibility index (Phi) is 15.6. The van der Waals surface area contributed by atoms with Crippen molar-refractivity contribution in [3.05, 3.63) is 0 Å². The van der Waals surface area contributed by atoms with Crippen LogP contribution < -0.4 is 10.6 Å². The van der Waals surface area contributed by atoms with Crippen LogP contribution in [0.25, 0.3) is 0 Å². The molecule has 2 atom stereocenters. The van der Waals surface area contributed by atoms with Crippen LogP contribution in [-0.4, -0.2) is 177 Å². The Morgan fingerprint density at radius 1 is 0.576 bits per heavy atom. The van der Waals surface area contributed by atoms with Crippen molar-refractivity contribution in [2.75, 3.05) is 105 Å². The summed E-state index contributed by atoms with van der Waals surface area (Å²) in [6, 6.07) is 3.04. The van der Waals surface area contributed by atoms with Crippen molar-refractivity contribution in [2.24, 2.45) is 22.7 Å². The molecule has 10 aliphatic rings. The van der Waals surface area contributed by atoms with Crippen LogP contribution in [0.15, 0.2) is 0 Å². The van der Waals surface area contributed by atoms with Gasteiger partial charge < -0.3 is 49.5 Å². The monoisotopic (exact) mass is 847 g/mol. The van der Waals surface area contributed by atoms with Gasteiger partial charge in [-0.15, -0.1) is 12.4 Å². The number of carbonyl (C=O) groups excluding carboxylic acids is 3. The Bertz CT molecular complexity index is 1360. The minimum absolute atomic E-state index is 0. The predicted octanol–water partition coefficient (Wildman–Crippen LogP) is 5.86. The molecule has 2 N–H and O–H groups in total. The fourth-order valence-electron chi connectivity index (χ4n) is 12.5. The van der Waals surface area contributed by atoms with E-state index in [-0.39, 0.29) is 24.6 Å². The molecule has 59 heavy (non-hydrogen) atoms. The van der Waals surface area contributed by atoms with Gasteiger partial charge in [-0.3, -0.25) is 0 Å². The molecule has 0 aromatic heterocycles. The topological polar surface area (TPSA) is 113 Å². The number of amides is 4. The van der Waals surface area contributed by atoms with Gasteiger partial charge in [-0.25, -0.2) is 14.4 Å². The lowest BCUT2D eigenvalue weighted by molar-refractivity contribution is -0.0152. The molecule has 10 fully saturated rings. The summed E-state index contributed by atoms with van der Waals surface area (Å²) in [7, 11) is 0. The molecule has 10 rings (SSSR count). The van der Waals surface area contributed by atoms with Crippen molar-refractivity contribution in [3.63, 3.8) is 0 Å². The molecule has 2 aliphatic carbocycles. The molecule has 8 aliphatic heterocycles. The second-order valence-corrected chi connectivity index (χ2v) is 19.9. The number of likely N-dealkylation sites (tertiary alicyclic amines) is 6. The molecule has 14 heteroatoms. The number of hydrogen-bond acceptors (Lipinski definition) is 9. The largest absolute Gasteiger partial charge is 0.450 e. The Hall–Kier alpha value is -2.06. The minimum Gasteiger partial charge on any atom is -0.450 e. The van der Waals surface area contributed by atoms with E-state index in [1.54, 1.807) is 0 Å². The van der Waals surface area contributed by atoms with E-state index >= 15 is 0 Å². The average Bonchev–Trinajstić information content (AvgIpc) is 4.00. The van der Waals surface area contributed by atoms with E-state index in [2.05, 4.69) is 25.3 Å². The van der Waals surface area contributed by atoms with E-state index in [1.165, 1.54) is 142 Å². The molecular weight excluding hydrogens is 768 g/mol. The van der Waals surface area contributed by atoms with E-state index in [9.17, 15) is 14.4 Å². The molecule has 2 saturated carbocycles. The molecule has 2 spiro atoms. The molecule has 0 bridgehead atoms. The SMILES string of the molecule is C1CNC1.CCOC(=O)N1CCC2(CC(N3CCC([C@@H]4CCCN4)CC3)C2)C1.CCOC(=O)N1CCC2(CC(N3CCC([C@@H]4CCCN4C(=O)N4CCC4)CC3)C2)C1.Cl. The number of hydrogen-bond donors (Lipinski definition) is 2. The van der Waals surface area contributed by atoms with Gasteiger partial charge in [0.2, 0.25) is 0 Å². The van der Waals surface area contributed by atoms with Crippen molar-refractivity contribution in [1.29, 1.82) is 0 Å². The number of nitrogens with zero attached hydrogens (tertiary/aromatic N) is 6. The summed E-state index contributed by atoms with van der Waals surface area (Å²) in [5.74, 6) is 1.58. The number of halogens is 1. The summed E-state index contributed by atoms with van der Waals surface area (Å²) in [4.78, 5) is 50.2. The van der Waals surface area contributed by atoms with Crippen LogP contribution in [0.5, 0.6) is 0 Å². The van der Waals surface area contributed by atoms with Crippen LogP contribution in [0, 0.1) is 22.7 Å². The first kappa shape index (κ1) is 45.0. The average molecular weight is 848 g/mol. The molecule has 8 saturated heterocycles. The van der Waals surface area contributed by atoms with Crippen LogP contribution in [0.3, 0.4) is 0 Å². The summed E-state index contributed by atoms with van der Waals surface area (Å²) in [5, 5.41) is 6.81. The summed E-state index contributed by atoms with van der Waals surface area (Å²) in [5.41, 5.74) is 0.751. The van der Waals surface area contributed by atoms with Gasteiger partial charge in [0.05, 0.1) is 13.2 Å². The van der Waals surface area contributed by atoms with Crippen LogP contribution in [0.2, 0.25) is 0 Å². The van der Waals surface area contributed by atoms with Crippen LogP contribution in [0.4, 0.5) is 14.4 Å². The zero-order chi connectivity index (χ0) is 40.1.